The number of aromatic nitrogens is 3. The van der Waals surface area contributed by atoms with Crippen LogP contribution in [0.3, 0.4) is 0 Å². The van der Waals surface area contributed by atoms with Crippen LogP contribution in [0.25, 0.3) is 10.9 Å². The number of hydrogen-bond acceptors (Lipinski definition) is 5. The zero-order valence-electron chi connectivity index (χ0n) is 16.1. The average molecular weight is 416 g/mol. The van der Waals surface area contributed by atoms with Crippen molar-refractivity contribution in [1.29, 1.82) is 0 Å². The summed E-state index contributed by atoms with van der Waals surface area (Å²) in [5.74, 6) is 0.0496. The molecule has 0 unspecified atom stereocenters. The van der Waals surface area contributed by atoms with Gasteiger partial charge in [0.2, 0.25) is 0 Å². The maximum absolute atomic E-state index is 14.4. The molecule has 2 heterocycles. The summed E-state index contributed by atoms with van der Waals surface area (Å²) in [6, 6.07) is 4.89. The van der Waals surface area contributed by atoms with E-state index < -0.39 is 24.0 Å². The zero-order chi connectivity index (χ0) is 21.2. The number of hydrogen-bond donors (Lipinski definition) is 2. The third-order valence-electron chi connectivity index (χ3n) is 6.22. The molecule has 2 bridgehead atoms. The van der Waals surface area contributed by atoms with Crippen LogP contribution in [0.15, 0.2) is 35.3 Å². The fourth-order valence-electron chi connectivity index (χ4n) is 4.58. The number of benzene rings is 1. The molecule has 9 heteroatoms. The van der Waals surface area contributed by atoms with Gasteiger partial charge < -0.3 is 15.0 Å². The lowest BCUT2D eigenvalue weighted by molar-refractivity contribution is -0.0911. The smallest absolute Gasteiger partial charge is 0.266 e. The third-order valence-corrected chi connectivity index (χ3v) is 6.22. The van der Waals surface area contributed by atoms with Crippen molar-refractivity contribution < 1.29 is 18.3 Å². The van der Waals surface area contributed by atoms with Crippen LogP contribution in [0.2, 0.25) is 0 Å². The van der Waals surface area contributed by atoms with Crippen molar-refractivity contribution in [3.05, 3.63) is 63.6 Å². The van der Waals surface area contributed by atoms with E-state index in [0.717, 1.165) is 25.3 Å². The van der Waals surface area contributed by atoms with Crippen molar-refractivity contribution in [2.75, 3.05) is 5.32 Å². The zero-order valence-corrected chi connectivity index (χ0v) is 16.1. The van der Waals surface area contributed by atoms with E-state index in [9.17, 15) is 23.1 Å². The standard InChI is InChI=1S/C21H19F3N4O2/c1-10-25-15-5-16(29)28(21-6-11(7-21)8-21)9-14(15)19(26-10)27-20(30)13-4-2-3-12(17(13)22)18(23)24/h2-5,9,11,18,20,30H,6-8H2,1H3,(H,25,26,27)/t11?,20-,21?/m1/s1. The number of fused-ring (bicyclic) bond motifs is 1. The highest BCUT2D eigenvalue weighted by molar-refractivity contribution is 5.88. The number of pyridine rings is 1. The first-order valence-corrected chi connectivity index (χ1v) is 9.70. The molecule has 3 aliphatic rings. The topological polar surface area (TPSA) is 80.0 Å². The lowest BCUT2D eigenvalue weighted by Gasteiger charge is -2.62. The van der Waals surface area contributed by atoms with Crippen LogP contribution in [0.1, 0.15) is 48.9 Å². The Labute approximate surface area is 169 Å². The molecule has 30 heavy (non-hydrogen) atoms. The summed E-state index contributed by atoms with van der Waals surface area (Å²) in [6.45, 7) is 1.63. The Balaban J connectivity index is 1.56. The van der Waals surface area contributed by atoms with Gasteiger partial charge in [0.25, 0.3) is 12.0 Å². The molecule has 3 fully saturated rings. The van der Waals surface area contributed by atoms with Crippen molar-refractivity contribution in [2.24, 2.45) is 5.92 Å². The van der Waals surface area contributed by atoms with Crippen LogP contribution in [0.5, 0.6) is 0 Å². The minimum Gasteiger partial charge on any atom is -0.369 e. The first-order chi connectivity index (χ1) is 14.3. The fraction of sp³-hybridized carbons (Fsp3) is 0.381. The molecule has 156 valence electrons. The Bertz CT molecular complexity index is 1210. The van der Waals surface area contributed by atoms with Crippen LogP contribution < -0.4 is 10.9 Å². The molecular formula is C21H19F3N4O2. The van der Waals surface area contributed by atoms with E-state index in [1.165, 1.54) is 18.2 Å². The number of anilines is 1. The van der Waals surface area contributed by atoms with Crippen LogP contribution in [-0.4, -0.2) is 19.6 Å². The molecule has 6 rings (SSSR count). The lowest BCUT2D eigenvalue weighted by Crippen LogP contribution is -2.61. The van der Waals surface area contributed by atoms with Gasteiger partial charge in [-0.25, -0.2) is 23.1 Å². The number of halogens is 3. The van der Waals surface area contributed by atoms with Gasteiger partial charge in [0, 0.05) is 23.4 Å². The predicted molar refractivity (Wildman–Crippen MR) is 104 cm³/mol. The molecule has 2 aromatic heterocycles. The van der Waals surface area contributed by atoms with Gasteiger partial charge in [-0.05, 0) is 32.1 Å². The lowest BCUT2D eigenvalue weighted by atomic mass is 9.49. The Morgan fingerprint density at radius 1 is 1.23 bits per heavy atom. The molecule has 1 atom stereocenters. The number of aliphatic hydroxyl groups is 1. The minimum absolute atomic E-state index is 0.152. The third kappa shape index (κ3) is 2.79. The van der Waals surface area contributed by atoms with Crippen LogP contribution in [0, 0.1) is 18.7 Å². The van der Waals surface area contributed by atoms with Crippen LogP contribution in [0.4, 0.5) is 19.0 Å². The van der Waals surface area contributed by atoms with Crippen LogP contribution >= 0.6 is 0 Å². The number of alkyl halides is 2. The van der Waals surface area contributed by atoms with Gasteiger partial charge in [-0.3, -0.25) is 4.79 Å². The summed E-state index contributed by atoms with van der Waals surface area (Å²) in [5.41, 5.74) is -1.01. The highest BCUT2D eigenvalue weighted by Crippen LogP contribution is 2.61. The molecule has 3 aliphatic carbocycles. The maximum Gasteiger partial charge on any atom is 0.266 e. The summed E-state index contributed by atoms with van der Waals surface area (Å²) in [5, 5.41) is 13.7. The Morgan fingerprint density at radius 3 is 2.57 bits per heavy atom. The second kappa shape index (κ2) is 6.53. The molecule has 1 aromatic carbocycles. The number of nitrogens with one attached hydrogen (secondary N) is 1. The minimum atomic E-state index is -3.00. The summed E-state index contributed by atoms with van der Waals surface area (Å²) in [4.78, 5) is 21.2. The SMILES string of the molecule is Cc1nc(N[C@H](O)c2cccc(C(F)F)c2F)c2cn(C34CC(C3)C4)c(=O)cc2n1. The molecule has 3 saturated carbocycles. The number of aryl methyl sites for hydroxylation is 1. The summed E-state index contributed by atoms with van der Waals surface area (Å²) in [6.07, 6.45) is -0.0572. The quantitative estimate of drug-likeness (QED) is 0.619. The largest absolute Gasteiger partial charge is 0.369 e. The van der Waals surface area contributed by atoms with Gasteiger partial charge in [0.15, 0.2) is 6.23 Å². The van der Waals surface area contributed by atoms with E-state index in [1.807, 2.05) is 0 Å². The van der Waals surface area contributed by atoms with E-state index in [-0.39, 0.29) is 22.5 Å². The van der Waals surface area contributed by atoms with Crippen molar-refractivity contribution in [3.8, 4) is 0 Å². The second-order valence-corrected chi connectivity index (χ2v) is 8.20. The van der Waals surface area contributed by atoms with Crippen molar-refractivity contribution in [3.63, 3.8) is 0 Å². The average Bonchev–Trinajstić information content (AvgIpc) is 2.59. The van der Waals surface area contributed by atoms with Gasteiger partial charge in [-0.15, -0.1) is 0 Å². The summed E-state index contributed by atoms with van der Waals surface area (Å²) in [7, 11) is 0. The molecule has 0 radical (unpaired) electrons. The molecule has 0 saturated heterocycles. The second-order valence-electron chi connectivity index (χ2n) is 8.20. The number of rotatable bonds is 5. The molecule has 3 aromatic rings. The Morgan fingerprint density at radius 2 is 1.93 bits per heavy atom. The van der Waals surface area contributed by atoms with Gasteiger partial charge in [-0.2, -0.15) is 0 Å². The predicted octanol–water partition coefficient (Wildman–Crippen LogP) is 3.79. The van der Waals surface area contributed by atoms with Crippen LogP contribution in [-0.2, 0) is 5.54 Å². The van der Waals surface area contributed by atoms with E-state index in [1.54, 1.807) is 17.7 Å². The van der Waals surface area contributed by atoms with Gasteiger partial charge >= 0.3 is 0 Å². The summed E-state index contributed by atoms with van der Waals surface area (Å²) < 4.78 is 42.1. The van der Waals surface area contributed by atoms with E-state index in [2.05, 4.69) is 15.3 Å². The van der Waals surface area contributed by atoms with Gasteiger partial charge in [0.05, 0.1) is 16.5 Å². The molecule has 0 aliphatic heterocycles. The molecular weight excluding hydrogens is 397 g/mol. The van der Waals surface area contributed by atoms with E-state index in [0.29, 0.717) is 22.6 Å². The van der Waals surface area contributed by atoms with E-state index >= 15 is 0 Å². The van der Waals surface area contributed by atoms with E-state index in [4.69, 9.17) is 0 Å². The van der Waals surface area contributed by atoms with Crippen molar-refractivity contribution in [1.82, 2.24) is 14.5 Å². The number of nitrogens with zero attached hydrogens (tertiary/aromatic N) is 3. The highest BCUT2D eigenvalue weighted by atomic mass is 19.3. The Hall–Kier alpha value is -2.94. The molecule has 0 spiro atoms. The fourth-order valence-corrected chi connectivity index (χ4v) is 4.58. The van der Waals surface area contributed by atoms with Gasteiger partial charge in [0.1, 0.15) is 17.5 Å². The Kier molecular flexibility index (Phi) is 4.15. The molecule has 6 nitrogen and oxygen atoms in total. The molecule has 0 amide bonds. The number of aliphatic hydroxyl groups excluding tert-OH is 1. The maximum atomic E-state index is 14.4. The monoisotopic (exact) mass is 416 g/mol. The van der Waals surface area contributed by atoms with Crippen molar-refractivity contribution in [2.45, 2.75) is 44.4 Å². The highest BCUT2D eigenvalue weighted by Gasteiger charge is 2.58. The first-order valence-electron chi connectivity index (χ1n) is 9.70. The normalized spacial score (nSPS) is 23.2. The van der Waals surface area contributed by atoms with Gasteiger partial charge in [-0.1, -0.05) is 18.2 Å². The summed E-state index contributed by atoms with van der Waals surface area (Å²) >= 11 is 0. The van der Waals surface area contributed by atoms with Crippen molar-refractivity contribution >= 4 is 16.7 Å². The molecule has 2 N–H and O–H groups in total. The first kappa shape index (κ1) is 19.0.